The Morgan fingerprint density at radius 3 is 2.58 bits per heavy atom. The zero-order valence-corrected chi connectivity index (χ0v) is 18.7. The van der Waals surface area contributed by atoms with E-state index >= 15 is 0 Å². The highest BCUT2D eigenvalue weighted by atomic mass is 19.1. The maximum Gasteiger partial charge on any atom is 0.320 e. The SMILES string of the molecule is CN[C@H]1C[C@@H](N(C)C(=O)N2CCC3=C(C=CC4(CCCC4)C3)[C@@H]2c2ccc(F)cc2)C1. The molecule has 0 saturated heterocycles. The molecule has 1 aliphatic heterocycles. The normalized spacial score (nSPS) is 29.1. The number of benzene rings is 1. The van der Waals surface area contributed by atoms with Crippen molar-refractivity contribution in [1.82, 2.24) is 15.1 Å². The number of hydrogen-bond acceptors (Lipinski definition) is 2. The third kappa shape index (κ3) is 3.71. The van der Waals surface area contributed by atoms with Gasteiger partial charge in [-0.3, -0.25) is 0 Å². The van der Waals surface area contributed by atoms with Crippen molar-refractivity contribution in [3.63, 3.8) is 0 Å². The van der Waals surface area contributed by atoms with E-state index in [0.29, 0.717) is 11.5 Å². The minimum atomic E-state index is -0.236. The van der Waals surface area contributed by atoms with Crippen molar-refractivity contribution in [2.24, 2.45) is 5.41 Å². The molecule has 3 aliphatic carbocycles. The Labute approximate surface area is 185 Å². The second-order valence-corrected chi connectivity index (χ2v) is 10.0. The van der Waals surface area contributed by atoms with Crippen LogP contribution in [0.15, 0.2) is 47.6 Å². The number of allylic oxidation sites excluding steroid dienone is 1. The zero-order chi connectivity index (χ0) is 21.6. The molecule has 0 radical (unpaired) electrons. The highest BCUT2D eigenvalue weighted by molar-refractivity contribution is 5.76. The lowest BCUT2D eigenvalue weighted by Crippen LogP contribution is -2.56. The third-order valence-electron chi connectivity index (χ3n) is 8.25. The summed E-state index contributed by atoms with van der Waals surface area (Å²) in [4.78, 5) is 17.6. The summed E-state index contributed by atoms with van der Waals surface area (Å²) in [5.41, 5.74) is 4.11. The van der Waals surface area contributed by atoms with Crippen LogP contribution in [0.3, 0.4) is 0 Å². The van der Waals surface area contributed by atoms with Crippen LogP contribution in [0.1, 0.15) is 63.0 Å². The van der Waals surface area contributed by atoms with Crippen LogP contribution in [-0.2, 0) is 0 Å². The Kier molecular flexibility index (Phi) is 5.41. The molecular weight excluding hydrogens is 389 g/mol. The molecule has 2 fully saturated rings. The van der Waals surface area contributed by atoms with Gasteiger partial charge < -0.3 is 15.1 Å². The molecule has 2 saturated carbocycles. The fourth-order valence-corrected chi connectivity index (χ4v) is 6.17. The van der Waals surface area contributed by atoms with Crippen LogP contribution < -0.4 is 5.32 Å². The first-order valence-corrected chi connectivity index (χ1v) is 11.9. The molecule has 1 heterocycles. The van der Waals surface area contributed by atoms with Gasteiger partial charge in [-0.25, -0.2) is 9.18 Å². The fraction of sp³-hybridized carbons (Fsp3) is 0.577. The lowest BCUT2D eigenvalue weighted by molar-refractivity contribution is 0.0965. The third-order valence-corrected chi connectivity index (χ3v) is 8.25. The number of amides is 2. The molecule has 1 aromatic carbocycles. The van der Waals surface area contributed by atoms with Gasteiger partial charge in [0.1, 0.15) is 5.82 Å². The molecule has 0 bridgehead atoms. The predicted octanol–water partition coefficient (Wildman–Crippen LogP) is 5.19. The number of nitrogens with one attached hydrogen (secondary N) is 1. The molecule has 1 aromatic rings. The van der Waals surface area contributed by atoms with Crippen molar-refractivity contribution in [2.75, 3.05) is 20.6 Å². The van der Waals surface area contributed by atoms with Gasteiger partial charge in [0.25, 0.3) is 0 Å². The molecule has 31 heavy (non-hydrogen) atoms. The fourth-order valence-electron chi connectivity index (χ4n) is 6.17. The van der Waals surface area contributed by atoms with Crippen molar-refractivity contribution in [3.05, 3.63) is 58.9 Å². The Morgan fingerprint density at radius 2 is 1.90 bits per heavy atom. The zero-order valence-electron chi connectivity index (χ0n) is 18.7. The minimum absolute atomic E-state index is 0.0926. The van der Waals surface area contributed by atoms with E-state index in [1.165, 1.54) is 49.0 Å². The smallest absolute Gasteiger partial charge is 0.320 e. The van der Waals surface area contributed by atoms with Crippen molar-refractivity contribution in [1.29, 1.82) is 0 Å². The summed E-state index contributed by atoms with van der Waals surface area (Å²) in [7, 11) is 3.92. The van der Waals surface area contributed by atoms with Gasteiger partial charge in [-0.2, -0.15) is 0 Å². The number of nitrogens with zero attached hydrogens (tertiary/aromatic N) is 2. The number of carbonyl (C=O) groups is 1. The summed E-state index contributed by atoms with van der Waals surface area (Å²) >= 11 is 0. The van der Waals surface area contributed by atoms with Gasteiger partial charge in [-0.15, -0.1) is 0 Å². The summed E-state index contributed by atoms with van der Waals surface area (Å²) < 4.78 is 13.7. The number of rotatable bonds is 3. The molecule has 5 rings (SSSR count). The number of hydrogen-bond donors (Lipinski definition) is 1. The largest absolute Gasteiger partial charge is 0.325 e. The Bertz CT molecular complexity index is 894. The van der Waals surface area contributed by atoms with E-state index in [2.05, 4.69) is 17.5 Å². The topological polar surface area (TPSA) is 35.6 Å². The summed E-state index contributed by atoms with van der Waals surface area (Å²) in [6.45, 7) is 0.732. The van der Waals surface area contributed by atoms with Crippen molar-refractivity contribution >= 4 is 6.03 Å². The van der Waals surface area contributed by atoms with Gasteiger partial charge in [0.2, 0.25) is 0 Å². The highest BCUT2D eigenvalue weighted by Crippen LogP contribution is 2.51. The molecule has 166 valence electrons. The summed E-state index contributed by atoms with van der Waals surface area (Å²) in [5, 5.41) is 3.30. The Hall–Kier alpha value is -2.14. The predicted molar refractivity (Wildman–Crippen MR) is 121 cm³/mol. The maximum absolute atomic E-state index is 13.7. The average molecular weight is 424 g/mol. The van der Waals surface area contributed by atoms with E-state index in [1.54, 1.807) is 0 Å². The van der Waals surface area contributed by atoms with Crippen LogP contribution >= 0.6 is 0 Å². The molecule has 4 aliphatic rings. The van der Waals surface area contributed by atoms with E-state index in [4.69, 9.17) is 0 Å². The molecule has 2 amide bonds. The summed E-state index contributed by atoms with van der Waals surface area (Å²) in [6, 6.07) is 7.50. The average Bonchev–Trinajstić information content (AvgIpc) is 3.19. The molecule has 0 unspecified atom stereocenters. The second-order valence-electron chi connectivity index (χ2n) is 10.0. The van der Waals surface area contributed by atoms with Crippen LogP contribution in [0.5, 0.6) is 0 Å². The van der Waals surface area contributed by atoms with Crippen LogP contribution in [-0.4, -0.2) is 48.6 Å². The first-order chi connectivity index (χ1) is 15.0. The van der Waals surface area contributed by atoms with Crippen molar-refractivity contribution < 1.29 is 9.18 Å². The highest BCUT2D eigenvalue weighted by Gasteiger charge is 2.42. The summed E-state index contributed by atoms with van der Waals surface area (Å²) in [5.74, 6) is -0.236. The van der Waals surface area contributed by atoms with Crippen molar-refractivity contribution in [2.45, 2.75) is 69.5 Å². The molecule has 1 spiro atoms. The first kappa shape index (κ1) is 20.7. The van der Waals surface area contributed by atoms with Crippen LogP contribution in [0.2, 0.25) is 0 Å². The quantitative estimate of drug-likeness (QED) is 0.726. The van der Waals surface area contributed by atoms with E-state index in [1.807, 2.05) is 36.0 Å². The van der Waals surface area contributed by atoms with E-state index in [-0.39, 0.29) is 23.9 Å². The van der Waals surface area contributed by atoms with E-state index in [0.717, 1.165) is 37.8 Å². The van der Waals surface area contributed by atoms with E-state index in [9.17, 15) is 9.18 Å². The molecule has 0 aromatic heterocycles. The Morgan fingerprint density at radius 1 is 1.19 bits per heavy atom. The van der Waals surface area contributed by atoms with Gasteiger partial charge in [-0.1, -0.05) is 42.7 Å². The molecular formula is C26H34FN3O. The molecule has 1 atom stereocenters. The monoisotopic (exact) mass is 423 g/mol. The molecule has 5 heteroatoms. The summed E-state index contributed by atoms with van der Waals surface area (Å²) in [6.07, 6.45) is 14.0. The van der Waals surface area contributed by atoms with Crippen molar-refractivity contribution in [3.8, 4) is 0 Å². The number of halogens is 1. The van der Waals surface area contributed by atoms with Crippen LogP contribution in [0.25, 0.3) is 0 Å². The Balaban J connectivity index is 1.44. The van der Waals surface area contributed by atoms with Gasteiger partial charge in [0.05, 0.1) is 6.04 Å². The number of urea groups is 1. The standard InChI is InChI=1S/C26H34FN3O/c1-28-21-15-22(16-21)29(2)25(31)30-14-10-19-17-26(11-3-4-12-26)13-9-23(19)24(30)18-5-7-20(27)8-6-18/h5-9,13,21-22,24,28H,3-4,10-12,14-17H2,1-2H3/t21-,22+,24-/m0/s1. The van der Waals surface area contributed by atoms with Gasteiger partial charge in [0, 0.05) is 25.7 Å². The van der Waals surface area contributed by atoms with Crippen LogP contribution in [0, 0.1) is 11.2 Å². The minimum Gasteiger partial charge on any atom is -0.325 e. The number of carbonyl (C=O) groups excluding carboxylic acids is 1. The molecule has 4 nitrogen and oxygen atoms in total. The first-order valence-electron chi connectivity index (χ1n) is 11.9. The lowest BCUT2D eigenvalue weighted by atomic mass is 9.71. The maximum atomic E-state index is 13.7. The van der Waals surface area contributed by atoms with Crippen LogP contribution in [0.4, 0.5) is 9.18 Å². The lowest BCUT2D eigenvalue weighted by Gasteiger charge is -2.47. The van der Waals surface area contributed by atoms with Gasteiger partial charge in [0.15, 0.2) is 0 Å². The second kappa shape index (κ2) is 8.09. The van der Waals surface area contributed by atoms with E-state index < -0.39 is 0 Å². The van der Waals surface area contributed by atoms with Gasteiger partial charge in [-0.05, 0) is 74.3 Å². The molecule has 1 N–H and O–H groups in total. The van der Waals surface area contributed by atoms with Gasteiger partial charge >= 0.3 is 6.03 Å².